The topological polar surface area (TPSA) is 72.7 Å². The Labute approximate surface area is 102 Å². The highest BCUT2D eigenvalue weighted by molar-refractivity contribution is 7.18. The van der Waals surface area contributed by atoms with Gasteiger partial charge in [0.15, 0.2) is 5.01 Å². The molecule has 0 saturated heterocycles. The van der Waals surface area contributed by atoms with E-state index in [9.17, 15) is 4.79 Å². The van der Waals surface area contributed by atoms with E-state index >= 15 is 0 Å². The van der Waals surface area contributed by atoms with Gasteiger partial charge < -0.3 is 5.32 Å². The van der Waals surface area contributed by atoms with Crippen LogP contribution in [-0.2, 0) is 7.05 Å². The Balaban J connectivity index is 2.30. The third-order valence-electron chi connectivity index (χ3n) is 2.02. The van der Waals surface area contributed by atoms with Gasteiger partial charge in [-0.05, 0) is 19.9 Å². The first-order valence-electron chi connectivity index (χ1n) is 5.21. The van der Waals surface area contributed by atoms with Crippen LogP contribution < -0.4 is 10.9 Å². The van der Waals surface area contributed by atoms with Crippen molar-refractivity contribution in [1.29, 1.82) is 0 Å². The molecule has 0 radical (unpaired) electrons. The lowest BCUT2D eigenvalue weighted by Gasteiger charge is -2.03. The summed E-state index contributed by atoms with van der Waals surface area (Å²) in [6, 6.07) is 3.44. The van der Waals surface area contributed by atoms with Gasteiger partial charge in [0.2, 0.25) is 5.13 Å². The fourth-order valence-electron chi connectivity index (χ4n) is 1.25. The van der Waals surface area contributed by atoms with Gasteiger partial charge in [-0.1, -0.05) is 11.3 Å². The second kappa shape index (κ2) is 4.62. The van der Waals surface area contributed by atoms with E-state index in [4.69, 9.17) is 0 Å². The van der Waals surface area contributed by atoms with Crippen molar-refractivity contribution in [3.8, 4) is 10.7 Å². The molecule has 0 amide bonds. The lowest BCUT2D eigenvalue weighted by Crippen LogP contribution is -2.18. The van der Waals surface area contributed by atoms with Crippen LogP contribution in [0.1, 0.15) is 13.8 Å². The first-order valence-corrected chi connectivity index (χ1v) is 6.02. The van der Waals surface area contributed by atoms with Crippen LogP contribution in [0.25, 0.3) is 10.7 Å². The van der Waals surface area contributed by atoms with Crippen molar-refractivity contribution in [3.63, 3.8) is 0 Å². The van der Waals surface area contributed by atoms with Gasteiger partial charge in [0.25, 0.3) is 5.56 Å². The van der Waals surface area contributed by atoms with Gasteiger partial charge in [-0.25, -0.2) is 4.68 Å². The average molecular weight is 251 g/mol. The highest BCUT2D eigenvalue weighted by atomic mass is 32.1. The molecule has 0 aliphatic carbocycles. The maximum Gasteiger partial charge on any atom is 0.266 e. The molecule has 6 nitrogen and oxygen atoms in total. The number of nitrogens with one attached hydrogen (secondary N) is 1. The van der Waals surface area contributed by atoms with Gasteiger partial charge in [0.1, 0.15) is 5.69 Å². The number of aromatic nitrogens is 4. The molecule has 0 aromatic carbocycles. The molecule has 0 atom stereocenters. The highest BCUT2D eigenvalue weighted by Crippen LogP contribution is 2.24. The van der Waals surface area contributed by atoms with Gasteiger partial charge in [-0.2, -0.15) is 5.10 Å². The minimum absolute atomic E-state index is 0.140. The maximum absolute atomic E-state index is 11.2. The Bertz CT molecular complexity index is 574. The number of hydrogen-bond donors (Lipinski definition) is 1. The average Bonchev–Trinajstić information content (AvgIpc) is 2.69. The van der Waals surface area contributed by atoms with E-state index in [-0.39, 0.29) is 5.56 Å². The number of nitrogens with zero attached hydrogens (tertiary/aromatic N) is 4. The molecule has 0 unspecified atom stereocenters. The third-order valence-corrected chi connectivity index (χ3v) is 2.89. The van der Waals surface area contributed by atoms with Crippen molar-refractivity contribution in [3.05, 3.63) is 22.5 Å². The number of aryl methyl sites for hydroxylation is 1. The number of hydrogen-bond acceptors (Lipinski definition) is 6. The Kier molecular flexibility index (Phi) is 3.19. The minimum atomic E-state index is -0.140. The van der Waals surface area contributed by atoms with Gasteiger partial charge in [0.05, 0.1) is 0 Å². The van der Waals surface area contributed by atoms with Crippen LogP contribution in [0.15, 0.2) is 16.9 Å². The fourth-order valence-corrected chi connectivity index (χ4v) is 2.10. The monoisotopic (exact) mass is 251 g/mol. The standard InChI is InChI=1S/C10H13N5OS/c1-6(2)11-10-13-12-9(17-10)7-4-5-8(16)15(3)14-7/h4-6H,1-3H3,(H,11,13). The number of anilines is 1. The zero-order valence-electron chi connectivity index (χ0n) is 9.84. The molecule has 0 bridgehead atoms. The maximum atomic E-state index is 11.2. The quantitative estimate of drug-likeness (QED) is 0.885. The summed E-state index contributed by atoms with van der Waals surface area (Å²) in [5, 5.41) is 16.8. The molecule has 0 saturated carbocycles. The molecular formula is C10H13N5OS. The Morgan fingerprint density at radius 1 is 1.35 bits per heavy atom. The van der Waals surface area contributed by atoms with E-state index in [1.54, 1.807) is 13.1 Å². The summed E-state index contributed by atoms with van der Waals surface area (Å²) in [6.45, 7) is 4.07. The smallest absolute Gasteiger partial charge is 0.266 e. The third kappa shape index (κ3) is 2.68. The van der Waals surface area contributed by atoms with Crippen LogP contribution in [0.2, 0.25) is 0 Å². The van der Waals surface area contributed by atoms with Crippen LogP contribution in [0.3, 0.4) is 0 Å². The molecule has 7 heteroatoms. The molecule has 2 heterocycles. The second-order valence-corrected chi connectivity index (χ2v) is 4.87. The summed E-state index contributed by atoms with van der Waals surface area (Å²) in [5.41, 5.74) is 0.514. The Morgan fingerprint density at radius 3 is 2.76 bits per heavy atom. The zero-order chi connectivity index (χ0) is 12.4. The summed E-state index contributed by atoms with van der Waals surface area (Å²) < 4.78 is 1.28. The van der Waals surface area contributed by atoms with Crippen LogP contribution in [0.5, 0.6) is 0 Å². The summed E-state index contributed by atoms with van der Waals surface area (Å²) >= 11 is 1.42. The van der Waals surface area contributed by atoms with Crippen molar-refractivity contribution >= 4 is 16.5 Å². The SMILES string of the molecule is CC(C)Nc1nnc(-c2ccc(=O)n(C)n2)s1. The fraction of sp³-hybridized carbons (Fsp3) is 0.400. The molecule has 0 aliphatic rings. The molecule has 90 valence electrons. The van der Waals surface area contributed by atoms with E-state index < -0.39 is 0 Å². The molecule has 17 heavy (non-hydrogen) atoms. The van der Waals surface area contributed by atoms with Crippen LogP contribution >= 0.6 is 11.3 Å². The molecular weight excluding hydrogens is 238 g/mol. The lowest BCUT2D eigenvalue weighted by molar-refractivity contribution is 0.711. The van der Waals surface area contributed by atoms with Gasteiger partial charge in [-0.15, -0.1) is 10.2 Å². The van der Waals surface area contributed by atoms with E-state index in [0.717, 1.165) is 5.13 Å². The van der Waals surface area contributed by atoms with Gasteiger partial charge >= 0.3 is 0 Å². The molecule has 1 N–H and O–H groups in total. The van der Waals surface area contributed by atoms with Crippen LogP contribution in [0, 0.1) is 0 Å². The van der Waals surface area contributed by atoms with Crippen molar-refractivity contribution in [2.45, 2.75) is 19.9 Å². The highest BCUT2D eigenvalue weighted by Gasteiger charge is 2.09. The summed E-state index contributed by atoms with van der Waals surface area (Å²) in [6.07, 6.45) is 0. The van der Waals surface area contributed by atoms with Crippen LogP contribution in [0.4, 0.5) is 5.13 Å². The van der Waals surface area contributed by atoms with Gasteiger partial charge in [-0.3, -0.25) is 4.79 Å². The summed E-state index contributed by atoms with van der Waals surface area (Å²) in [4.78, 5) is 11.2. The number of rotatable bonds is 3. The predicted octanol–water partition coefficient (Wildman–Crippen LogP) is 1.12. The van der Waals surface area contributed by atoms with Crippen molar-refractivity contribution in [1.82, 2.24) is 20.0 Å². The molecule has 0 spiro atoms. The predicted molar refractivity (Wildman–Crippen MR) is 67.1 cm³/mol. The van der Waals surface area contributed by atoms with Crippen molar-refractivity contribution < 1.29 is 0 Å². The Morgan fingerprint density at radius 2 is 2.12 bits per heavy atom. The summed E-state index contributed by atoms with van der Waals surface area (Å²) in [5.74, 6) is 0. The second-order valence-electron chi connectivity index (χ2n) is 3.89. The first-order chi connectivity index (χ1) is 8.06. The molecule has 2 rings (SSSR count). The van der Waals surface area contributed by atoms with E-state index in [1.807, 2.05) is 13.8 Å². The Hall–Kier alpha value is -1.76. The normalized spacial score (nSPS) is 10.8. The van der Waals surface area contributed by atoms with E-state index in [0.29, 0.717) is 16.7 Å². The van der Waals surface area contributed by atoms with E-state index in [2.05, 4.69) is 20.6 Å². The molecule has 2 aromatic rings. The minimum Gasteiger partial charge on any atom is -0.358 e. The van der Waals surface area contributed by atoms with Gasteiger partial charge in [0, 0.05) is 19.2 Å². The van der Waals surface area contributed by atoms with Crippen LogP contribution in [-0.4, -0.2) is 26.0 Å². The molecule has 0 fully saturated rings. The van der Waals surface area contributed by atoms with Crippen molar-refractivity contribution in [2.75, 3.05) is 5.32 Å². The largest absolute Gasteiger partial charge is 0.358 e. The molecule has 2 aromatic heterocycles. The molecule has 0 aliphatic heterocycles. The zero-order valence-corrected chi connectivity index (χ0v) is 10.7. The first kappa shape index (κ1) is 11.7. The van der Waals surface area contributed by atoms with E-state index in [1.165, 1.54) is 22.1 Å². The summed E-state index contributed by atoms with van der Waals surface area (Å²) in [7, 11) is 1.61. The lowest BCUT2D eigenvalue weighted by atomic mass is 10.4. The van der Waals surface area contributed by atoms with Crippen molar-refractivity contribution in [2.24, 2.45) is 7.05 Å².